The molecule has 136 valence electrons. The molecule has 5 heteroatoms. The zero-order valence-corrected chi connectivity index (χ0v) is 14.8. The van der Waals surface area contributed by atoms with Gasteiger partial charge >= 0.3 is 5.97 Å². The number of nitrogens with zero attached hydrogens (tertiary/aromatic N) is 1. The van der Waals surface area contributed by atoms with E-state index in [9.17, 15) is 4.79 Å². The van der Waals surface area contributed by atoms with Crippen LogP contribution < -0.4 is 4.74 Å². The number of carbonyl (C=O) groups excluding carboxylic acids is 1. The number of fused-ring (bicyclic) bond motifs is 1. The molecule has 1 atom stereocenters. The van der Waals surface area contributed by atoms with E-state index in [-0.39, 0.29) is 0 Å². The van der Waals surface area contributed by atoms with Gasteiger partial charge in [0.2, 0.25) is 6.29 Å². The monoisotopic (exact) mass is 353 g/mol. The third-order valence-electron chi connectivity index (χ3n) is 4.02. The van der Waals surface area contributed by atoms with E-state index in [0.717, 1.165) is 17.9 Å². The molecule has 0 bridgehead atoms. The molecule has 5 nitrogen and oxygen atoms in total. The predicted molar refractivity (Wildman–Crippen MR) is 99.3 cm³/mol. The van der Waals surface area contributed by atoms with E-state index < -0.39 is 12.3 Å². The minimum atomic E-state index is -0.596. The molecule has 1 unspecified atom stereocenters. The molecule has 1 heterocycles. The van der Waals surface area contributed by atoms with Crippen LogP contribution in [0.1, 0.15) is 18.1 Å². The summed E-state index contributed by atoms with van der Waals surface area (Å²) in [5.74, 6) is 0.522. The molecule has 26 heavy (non-hydrogen) atoms. The van der Waals surface area contributed by atoms with Gasteiger partial charge in [0.05, 0.1) is 6.61 Å². The Morgan fingerprint density at radius 2 is 1.96 bits per heavy atom. The third kappa shape index (κ3) is 5.44. The lowest BCUT2D eigenvalue weighted by Gasteiger charge is -2.29. The Kier molecular flexibility index (Phi) is 6.41. The van der Waals surface area contributed by atoms with E-state index in [1.54, 1.807) is 13.0 Å². The van der Waals surface area contributed by atoms with Gasteiger partial charge < -0.3 is 14.2 Å². The normalized spacial score (nSPS) is 15.3. The first kappa shape index (κ1) is 18.2. The molecule has 0 fully saturated rings. The quantitative estimate of drug-likeness (QED) is 0.433. The number of benzene rings is 2. The van der Waals surface area contributed by atoms with Gasteiger partial charge in [-0.1, -0.05) is 48.5 Å². The zero-order chi connectivity index (χ0) is 18.2. The Morgan fingerprint density at radius 3 is 2.81 bits per heavy atom. The molecule has 1 aliphatic rings. The van der Waals surface area contributed by atoms with Crippen LogP contribution in [0.25, 0.3) is 6.08 Å². The largest absolute Gasteiger partial charge is 0.478 e. The highest BCUT2D eigenvalue weighted by molar-refractivity contribution is 5.87. The Morgan fingerprint density at radius 1 is 1.19 bits per heavy atom. The molecule has 0 saturated carbocycles. The fourth-order valence-corrected chi connectivity index (χ4v) is 2.68. The molecule has 2 aromatic rings. The summed E-state index contributed by atoms with van der Waals surface area (Å²) in [7, 11) is 0. The molecular formula is C21H23NO4. The third-order valence-corrected chi connectivity index (χ3v) is 4.02. The van der Waals surface area contributed by atoms with Gasteiger partial charge in [-0.3, -0.25) is 4.90 Å². The van der Waals surface area contributed by atoms with Crippen LogP contribution in [0, 0.1) is 0 Å². The van der Waals surface area contributed by atoms with E-state index >= 15 is 0 Å². The maximum Gasteiger partial charge on any atom is 0.333 e. The summed E-state index contributed by atoms with van der Waals surface area (Å²) in [6.07, 6.45) is 2.53. The second kappa shape index (κ2) is 9.17. The Hall–Kier alpha value is -2.63. The summed E-state index contributed by atoms with van der Waals surface area (Å²) < 4.78 is 16.5. The summed E-state index contributed by atoms with van der Waals surface area (Å²) in [6.45, 7) is 4.25. The second-order valence-corrected chi connectivity index (χ2v) is 6.05. The molecule has 0 N–H and O–H groups in total. The van der Waals surface area contributed by atoms with Crippen molar-refractivity contribution in [3.8, 4) is 5.75 Å². The Labute approximate surface area is 153 Å². The first-order chi connectivity index (χ1) is 12.7. The SMILES string of the molecule is CC(OCCN1COc2ccccc2C1)OC(=O)/C=C/c1ccccc1. The van der Waals surface area contributed by atoms with Crippen molar-refractivity contribution in [1.82, 2.24) is 4.90 Å². The van der Waals surface area contributed by atoms with Crippen molar-refractivity contribution >= 4 is 12.0 Å². The summed E-state index contributed by atoms with van der Waals surface area (Å²) in [5, 5.41) is 0. The average Bonchev–Trinajstić information content (AvgIpc) is 2.67. The number of para-hydroxylation sites is 1. The number of hydrogen-bond acceptors (Lipinski definition) is 5. The minimum absolute atomic E-state index is 0.420. The molecule has 0 saturated heterocycles. The van der Waals surface area contributed by atoms with E-state index in [4.69, 9.17) is 14.2 Å². The van der Waals surface area contributed by atoms with Gasteiger partial charge in [0, 0.05) is 24.7 Å². The van der Waals surface area contributed by atoms with Crippen molar-refractivity contribution < 1.29 is 19.0 Å². The van der Waals surface area contributed by atoms with Gasteiger partial charge in [0.25, 0.3) is 0 Å². The van der Waals surface area contributed by atoms with Gasteiger partial charge in [-0.25, -0.2) is 4.79 Å². The summed E-state index contributed by atoms with van der Waals surface area (Å²) in [6, 6.07) is 17.6. The van der Waals surface area contributed by atoms with Crippen LogP contribution in [-0.4, -0.2) is 37.0 Å². The number of carbonyl (C=O) groups is 1. The first-order valence-corrected chi connectivity index (χ1v) is 8.69. The van der Waals surface area contributed by atoms with Gasteiger partial charge in [-0.15, -0.1) is 0 Å². The molecule has 0 spiro atoms. The maximum atomic E-state index is 11.8. The molecular weight excluding hydrogens is 330 g/mol. The average molecular weight is 353 g/mol. The zero-order valence-electron chi connectivity index (χ0n) is 14.8. The highest BCUT2D eigenvalue weighted by atomic mass is 16.7. The van der Waals surface area contributed by atoms with Crippen molar-refractivity contribution in [1.29, 1.82) is 0 Å². The fourth-order valence-electron chi connectivity index (χ4n) is 2.68. The van der Waals surface area contributed by atoms with E-state index in [1.807, 2.05) is 48.5 Å². The van der Waals surface area contributed by atoms with Crippen LogP contribution >= 0.6 is 0 Å². The van der Waals surface area contributed by atoms with Crippen LogP contribution in [0.4, 0.5) is 0 Å². The highest BCUT2D eigenvalue weighted by Gasteiger charge is 2.16. The number of hydrogen-bond donors (Lipinski definition) is 0. The summed E-state index contributed by atoms with van der Waals surface area (Å²) >= 11 is 0. The van der Waals surface area contributed by atoms with Crippen molar-refractivity contribution in [2.75, 3.05) is 19.9 Å². The van der Waals surface area contributed by atoms with Crippen LogP contribution in [-0.2, 0) is 20.8 Å². The molecule has 3 rings (SSSR count). The highest BCUT2D eigenvalue weighted by Crippen LogP contribution is 2.23. The van der Waals surface area contributed by atoms with Crippen molar-refractivity contribution in [2.45, 2.75) is 19.8 Å². The van der Waals surface area contributed by atoms with Crippen molar-refractivity contribution in [3.05, 3.63) is 71.8 Å². The van der Waals surface area contributed by atoms with E-state index in [1.165, 1.54) is 11.6 Å². The van der Waals surface area contributed by atoms with Crippen LogP contribution in [0.15, 0.2) is 60.7 Å². The van der Waals surface area contributed by atoms with Crippen LogP contribution in [0.5, 0.6) is 5.75 Å². The molecule has 1 aliphatic heterocycles. The number of esters is 1. The minimum Gasteiger partial charge on any atom is -0.478 e. The predicted octanol–water partition coefficient (Wildman–Crippen LogP) is 3.46. The van der Waals surface area contributed by atoms with Gasteiger partial charge in [-0.05, 0) is 24.6 Å². The molecule has 2 aromatic carbocycles. The maximum absolute atomic E-state index is 11.8. The molecule has 0 aromatic heterocycles. The van der Waals surface area contributed by atoms with Crippen molar-refractivity contribution in [2.24, 2.45) is 0 Å². The standard InChI is InChI=1S/C21H23NO4/c1-17(26-21(23)12-11-18-7-3-2-4-8-18)24-14-13-22-15-19-9-5-6-10-20(19)25-16-22/h2-12,17H,13-16H2,1H3/b12-11+. The van der Waals surface area contributed by atoms with Gasteiger partial charge in [0.1, 0.15) is 12.5 Å². The lowest BCUT2D eigenvalue weighted by molar-refractivity contribution is -0.169. The Balaban J connectivity index is 1.36. The fraction of sp³-hybridized carbons (Fsp3) is 0.286. The van der Waals surface area contributed by atoms with Crippen LogP contribution in [0.3, 0.4) is 0 Å². The number of ether oxygens (including phenoxy) is 3. The number of rotatable bonds is 7. The van der Waals surface area contributed by atoms with Gasteiger partial charge in [-0.2, -0.15) is 0 Å². The van der Waals surface area contributed by atoms with Crippen molar-refractivity contribution in [3.63, 3.8) is 0 Å². The van der Waals surface area contributed by atoms with Crippen LogP contribution in [0.2, 0.25) is 0 Å². The second-order valence-electron chi connectivity index (χ2n) is 6.05. The Bertz CT molecular complexity index is 745. The smallest absolute Gasteiger partial charge is 0.333 e. The summed E-state index contributed by atoms with van der Waals surface area (Å²) in [4.78, 5) is 14.0. The summed E-state index contributed by atoms with van der Waals surface area (Å²) in [5.41, 5.74) is 2.12. The molecule has 0 amide bonds. The topological polar surface area (TPSA) is 48.0 Å². The lowest BCUT2D eigenvalue weighted by atomic mass is 10.2. The van der Waals surface area contributed by atoms with E-state index in [0.29, 0.717) is 19.9 Å². The van der Waals surface area contributed by atoms with Gasteiger partial charge in [0.15, 0.2) is 0 Å². The van der Waals surface area contributed by atoms with E-state index in [2.05, 4.69) is 11.0 Å². The molecule has 0 aliphatic carbocycles. The first-order valence-electron chi connectivity index (χ1n) is 8.69. The molecule has 0 radical (unpaired) electrons. The lowest BCUT2D eigenvalue weighted by Crippen LogP contribution is -2.35.